The van der Waals surface area contributed by atoms with E-state index >= 15 is 0 Å². The molecule has 2 aromatic heterocycles. The number of carbonyl (C=O) groups is 2. The zero-order chi connectivity index (χ0) is 22.1. The van der Waals surface area contributed by atoms with Crippen LogP contribution in [0.5, 0.6) is 0 Å². The fourth-order valence-electron chi connectivity index (χ4n) is 4.62. The fraction of sp³-hybridized carbons (Fsp3) is 0.360. The van der Waals surface area contributed by atoms with Gasteiger partial charge in [0.1, 0.15) is 0 Å². The van der Waals surface area contributed by atoms with Crippen LogP contribution in [0.1, 0.15) is 38.7 Å². The van der Waals surface area contributed by atoms with Gasteiger partial charge in [-0.25, -0.2) is 0 Å². The van der Waals surface area contributed by atoms with E-state index < -0.39 is 0 Å². The maximum absolute atomic E-state index is 13.5. The van der Waals surface area contributed by atoms with E-state index in [9.17, 15) is 9.59 Å². The molecule has 0 aliphatic carbocycles. The molecule has 1 unspecified atom stereocenters. The molecule has 7 nitrogen and oxygen atoms in total. The maximum atomic E-state index is 13.5. The third-order valence-corrected chi connectivity index (χ3v) is 6.56. The number of pyridine rings is 2. The highest BCUT2D eigenvalue weighted by Crippen LogP contribution is 2.30. The number of benzene rings is 1. The van der Waals surface area contributed by atoms with Gasteiger partial charge in [-0.2, -0.15) is 0 Å². The molecule has 0 saturated carbocycles. The van der Waals surface area contributed by atoms with Crippen LogP contribution in [0.4, 0.5) is 0 Å². The molecule has 164 valence electrons. The Bertz CT molecular complexity index is 1140. The van der Waals surface area contributed by atoms with Gasteiger partial charge in [-0.1, -0.05) is 18.2 Å². The summed E-state index contributed by atoms with van der Waals surface area (Å²) in [5.74, 6) is 0.175. The minimum atomic E-state index is -0.00451. The fourth-order valence-corrected chi connectivity index (χ4v) is 4.62. The van der Waals surface area contributed by atoms with Crippen molar-refractivity contribution in [3.05, 3.63) is 71.7 Å². The smallest absolute Gasteiger partial charge is 0.255 e. The molecule has 4 heterocycles. The number of nitrogens with zero attached hydrogens (tertiary/aromatic N) is 5. The van der Waals surface area contributed by atoms with Crippen LogP contribution in [0.25, 0.3) is 10.9 Å². The van der Waals surface area contributed by atoms with Crippen molar-refractivity contribution in [1.82, 2.24) is 24.7 Å². The summed E-state index contributed by atoms with van der Waals surface area (Å²) in [6.45, 7) is 4.51. The lowest BCUT2D eigenvalue weighted by molar-refractivity contribution is 0.0665. The maximum Gasteiger partial charge on any atom is 0.255 e. The molecule has 1 aromatic carbocycles. The number of amides is 2. The van der Waals surface area contributed by atoms with Crippen LogP contribution >= 0.6 is 0 Å². The summed E-state index contributed by atoms with van der Waals surface area (Å²) in [7, 11) is 2.08. The highest BCUT2D eigenvalue weighted by atomic mass is 16.2. The first-order valence-electron chi connectivity index (χ1n) is 11.2. The van der Waals surface area contributed by atoms with Crippen LogP contribution in [0.3, 0.4) is 0 Å². The third-order valence-electron chi connectivity index (χ3n) is 6.56. The molecule has 2 fully saturated rings. The highest BCUT2D eigenvalue weighted by molar-refractivity contribution is 6.06. The number of fused-ring (bicyclic) bond motifs is 1. The van der Waals surface area contributed by atoms with Gasteiger partial charge in [0.2, 0.25) is 0 Å². The summed E-state index contributed by atoms with van der Waals surface area (Å²) >= 11 is 0. The second kappa shape index (κ2) is 8.67. The van der Waals surface area contributed by atoms with Crippen molar-refractivity contribution in [2.45, 2.75) is 12.3 Å². The lowest BCUT2D eigenvalue weighted by Gasteiger charge is -2.32. The van der Waals surface area contributed by atoms with Crippen molar-refractivity contribution in [3.8, 4) is 0 Å². The minimum Gasteiger partial charge on any atom is -0.338 e. The number of likely N-dealkylation sites (tertiary alicyclic amines) is 1. The second-order valence-corrected chi connectivity index (χ2v) is 8.69. The molecule has 2 aliphatic rings. The largest absolute Gasteiger partial charge is 0.338 e. The van der Waals surface area contributed by atoms with Crippen LogP contribution < -0.4 is 0 Å². The third kappa shape index (κ3) is 3.96. The predicted molar refractivity (Wildman–Crippen MR) is 123 cm³/mol. The molecule has 2 aliphatic heterocycles. The molecule has 0 bridgehead atoms. The van der Waals surface area contributed by atoms with E-state index in [2.05, 4.69) is 16.9 Å². The van der Waals surface area contributed by atoms with Crippen molar-refractivity contribution in [1.29, 1.82) is 0 Å². The van der Waals surface area contributed by atoms with E-state index in [1.165, 1.54) is 0 Å². The Hall–Kier alpha value is -3.32. The van der Waals surface area contributed by atoms with E-state index in [0.29, 0.717) is 24.2 Å². The van der Waals surface area contributed by atoms with Crippen LogP contribution in [0, 0.1) is 0 Å². The molecule has 7 heteroatoms. The molecular formula is C25H27N5O2. The first-order chi connectivity index (χ1) is 15.6. The van der Waals surface area contributed by atoms with Crippen molar-refractivity contribution >= 4 is 22.7 Å². The molecule has 2 saturated heterocycles. The number of rotatable bonds is 3. The second-order valence-electron chi connectivity index (χ2n) is 8.69. The number of carbonyl (C=O) groups excluding carboxylic acids is 2. The summed E-state index contributed by atoms with van der Waals surface area (Å²) in [5, 5.41) is 0.890. The number of hydrogen-bond acceptors (Lipinski definition) is 5. The monoisotopic (exact) mass is 429 g/mol. The number of piperazine rings is 1. The van der Waals surface area contributed by atoms with Gasteiger partial charge in [0.05, 0.1) is 16.6 Å². The Balaban J connectivity index is 1.42. The number of para-hydroxylation sites is 1. The Morgan fingerprint density at radius 3 is 2.53 bits per heavy atom. The van der Waals surface area contributed by atoms with E-state index in [1.54, 1.807) is 24.5 Å². The Morgan fingerprint density at radius 1 is 0.938 bits per heavy atom. The van der Waals surface area contributed by atoms with Crippen molar-refractivity contribution in [2.75, 3.05) is 46.3 Å². The normalized spacial score (nSPS) is 19.5. The summed E-state index contributed by atoms with van der Waals surface area (Å²) in [6.07, 6.45) is 4.11. The topological polar surface area (TPSA) is 69.6 Å². The van der Waals surface area contributed by atoms with Crippen LogP contribution in [0.2, 0.25) is 0 Å². The zero-order valence-electron chi connectivity index (χ0n) is 18.3. The standard InChI is InChI=1S/C25H27N5O2/c1-28-11-13-29(14-12-28)25(32)21-15-23(27-22-7-3-2-6-20(21)22)19-8-10-30(17-19)24(31)18-5-4-9-26-16-18/h2-7,9,15-16,19H,8,10-14,17H2,1H3. The van der Waals surface area contributed by atoms with Gasteiger partial charge in [0, 0.05) is 68.7 Å². The SMILES string of the molecule is CN1CCN(C(=O)c2cc(C3CCN(C(=O)c4cccnc4)C3)nc3ccccc23)CC1. The van der Waals surface area contributed by atoms with Crippen LogP contribution in [-0.2, 0) is 0 Å². The van der Waals surface area contributed by atoms with Crippen molar-refractivity contribution in [3.63, 3.8) is 0 Å². The van der Waals surface area contributed by atoms with Gasteiger partial charge >= 0.3 is 0 Å². The molecule has 0 radical (unpaired) electrons. The van der Waals surface area contributed by atoms with Crippen LogP contribution in [-0.4, -0.2) is 82.8 Å². The van der Waals surface area contributed by atoms with Crippen molar-refractivity contribution < 1.29 is 9.59 Å². The van der Waals surface area contributed by atoms with Gasteiger partial charge in [0.25, 0.3) is 11.8 Å². The Kier molecular flexibility index (Phi) is 5.57. The first kappa shape index (κ1) is 20.6. The molecule has 0 N–H and O–H groups in total. The minimum absolute atomic E-state index is 0.00451. The van der Waals surface area contributed by atoms with Gasteiger partial charge < -0.3 is 14.7 Å². The van der Waals surface area contributed by atoms with E-state index in [4.69, 9.17) is 4.98 Å². The summed E-state index contributed by atoms with van der Waals surface area (Å²) in [4.78, 5) is 41.3. The molecule has 3 aromatic rings. The Labute approximate surface area is 187 Å². The van der Waals surface area contributed by atoms with E-state index in [0.717, 1.165) is 49.2 Å². The lowest BCUT2D eigenvalue weighted by Crippen LogP contribution is -2.47. The quantitative estimate of drug-likeness (QED) is 0.640. The van der Waals surface area contributed by atoms with Gasteiger partial charge in [-0.15, -0.1) is 0 Å². The molecule has 0 spiro atoms. The van der Waals surface area contributed by atoms with E-state index in [1.807, 2.05) is 40.1 Å². The summed E-state index contributed by atoms with van der Waals surface area (Å²) in [5.41, 5.74) is 3.04. The molecule has 5 rings (SSSR count). The summed E-state index contributed by atoms with van der Waals surface area (Å²) in [6, 6.07) is 13.4. The molecule has 32 heavy (non-hydrogen) atoms. The molecule has 1 atom stereocenters. The van der Waals surface area contributed by atoms with Crippen molar-refractivity contribution in [2.24, 2.45) is 0 Å². The summed E-state index contributed by atoms with van der Waals surface area (Å²) < 4.78 is 0. The average molecular weight is 430 g/mol. The van der Waals surface area contributed by atoms with Gasteiger partial charge in [-0.3, -0.25) is 19.6 Å². The highest BCUT2D eigenvalue weighted by Gasteiger charge is 2.30. The number of aromatic nitrogens is 2. The predicted octanol–water partition coefficient (Wildman–Crippen LogP) is 2.65. The first-order valence-corrected chi connectivity index (χ1v) is 11.2. The average Bonchev–Trinajstić information content (AvgIpc) is 3.34. The lowest BCUT2D eigenvalue weighted by atomic mass is 9.98. The molecular weight excluding hydrogens is 402 g/mol. The zero-order valence-corrected chi connectivity index (χ0v) is 18.3. The van der Waals surface area contributed by atoms with Crippen LogP contribution in [0.15, 0.2) is 54.9 Å². The number of hydrogen-bond donors (Lipinski definition) is 0. The number of likely N-dealkylation sites (N-methyl/N-ethyl adjacent to an activating group) is 1. The van der Waals surface area contributed by atoms with Gasteiger partial charge in [0.15, 0.2) is 0 Å². The van der Waals surface area contributed by atoms with E-state index in [-0.39, 0.29) is 17.7 Å². The molecule has 2 amide bonds. The van der Waals surface area contributed by atoms with Gasteiger partial charge in [-0.05, 0) is 37.7 Å². The Morgan fingerprint density at radius 2 is 1.75 bits per heavy atom.